The van der Waals surface area contributed by atoms with E-state index in [1.807, 2.05) is 0 Å². The molecule has 0 saturated heterocycles. The second kappa shape index (κ2) is 6.94. The molecule has 2 nitrogen and oxygen atoms in total. The Morgan fingerprint density at radius 2 is 2.12 bits per heavy atom. The van der Waals surface area contributed by atoms with Crippen LogP contribution in [0.2, 0.25) is 5.02 Å². The normalized spacial score (nSPS) is 11.5. The van der Waals surface area contributed by atoms with Crippen molar-refractivity contribution >= 4 is 11.6 Å². The van der Waals surface area contributed by atoms with E-state index < -0.39 is 0 Å². The summed E-state index contributed by atoms with van der Waals surface area (Å²) >= 11 is 5.71. The second-order valence-corrected chi connectivity index (χ2v) is 4.81. The molecule has 96 valence electrons. The summed E-state index contributed by atoms with van der Waals surface area (Å²) in [6.45, 7) is 5.58. The maximum atomic E-state index is 13.6. The summed E-state index contributed by atoms with van der Waals surface area (Å²) < 4.78 is 13.6. The summed E-state index contributed by atoms with van der Waals surface area (Å²) in [5.74, 6) is -0.271. The van der Waals surface area contributed by atoms with Crippen molar-refractivity contribution in [1.82, 2.24) is 4.90 Å². The molecule has 0 radical (unpaired) electrons. The van der Waals surface area contributed by atoms with Crippen LogP contribution >= 0.6 is 11.6 Å². The van der Waals surface area contributed by atoms with Crippen LogP contribution in [0.5, 0.6) is 0 Å². The van der Waals surface area contributed by atoms with Crippen molar-refractivity contribution in [3.05, 3.63) is 34.6 Å². The number of hydrogen-bond acceptors (Lipinski definition) is 2. The third-order valence-corrected chi connectivity index (χ3v) is 2.96. The van der Waals surface area contributed by atoms with Gasteiger partial charge in [-0.1, -0.05) is 17.7 Å². The summed E-state index contributed by atoms with van der Waals surface area (Å²) in [5, 5.41) is 9.25. The van der Waals surface area contributed by atoms with Gasteiger partial charge in [-0.05, 0) is 32.4 Å². The second-order valence-electron chi connectivity index (χ2n) is 4.38. The molecule has 0 aliphatic rings. The molecular formula is C13H19ClFNO. The maximum Gasteiger partial charge on any atom is 0.129 e. The van der Waals surface area contributed by atoms with E-state index in [0.29, 0.717) is 29.6 Å². The molecule has 1 aromatic rings. The Morgan fingerprint density at radius 3 is 2.65 bits per heavy atom. The lowest BCUT2D eigenvalue weighted by Crippen LogP contribution is -2.32. The Morgan fingerprint density at radius 1 is 1.41 bits per heavy atom. The lowest BCUT2D eigenvalue weighted by molar-refractivity contribution is 0.183. The number of aliphatic hydroxyl groups is 1. The van der Waals surface area contributed by atoms with Gasteiger partial charge in [-0.15, -0.1) is 0 Å². The molecule has 0 bridgehead atoms. The molecule has 0 spiro atoms. The fourth-order valence-corrected chi connectivity index (χ4v) is 1.82. The standard InChI is InChI=1S/C13H19ClFNO/c1-10(2)16(6-3-7-17)9-11-4-5-12(14)8-13(11)15/h4-5,8,10,17H,3,6-7,9H2,1-2H3. The largest absolute Gasteiger partial charge is 0.396 e. The Balaban J connectivity index is 2.71. The van der Waals surface area contributed by atoms with Crippen molar-refractivity contribution in [2.45, 2.75) is 32.9 Å². The van der Waals surface area contributed by atoms with Gasteiger partial charge in [-0.3, -0.25) is 4.90 Å². The van der Waals surface area contributed by atoms with Crippen molar-refractivity contribution < 1.29 is 9.50 Å². The predicted octanol–water partition coefficient (Wildman–Crippen LogP) is 3.07. The van der Waals surface area contributed by atoms with Gasteiger partial charge in [0.25, 0.3) is 0 Å². The van der Waals surface area contributed by atoms with Crippen LogP contribution in [0.1, 0.15) is 25.8 Å². The zero-order valence-electron chi connectivity index (χ0n) is 10.3. The monoisotopic (exact) mass is 259 g/mol. The third kappa shape index (κ3) is 4.62. The molecule has 0 unspecified atom stereocenters. The summed E-state index contributed by atoms with van der Waals surface area (Å²) in [4.78, 5) is 2.13. The first-order valence-corrected chi connectivity index (χ1v) is 6.21. The molecule has 0 heterocycles. The lowest BCUT2D eigenvalue weighted by atomic mass is 10.1. The van der Waals surface area contributed by atoms with Gasteiger partial charge >= 0.3 is 0 Å². The zero-order valence-corrected chi connectivity index (χ0v) is 11.0. The maximum absolute atomic E-state index is 13.6. The highest BCUT2D eigenvalue weighted by Crippen LogP contribution is 2.17. The Labute approximate surface area is 107 Å². The summed E-state index contributed by atoms with van der Waals surface area (Å²) in [7, 11) is 0. The first kappa shape index (κ1) is 14.4. The van der Waals surface area contributed by atoms with E-state index in [2.05, 4.69) is 18.7 Å². The number of nitrogens with zero attached hydrogens (tertiary/aromatic N) is 1. The first-order chi connectivity index (χ1) is 8.04. The van der Waals surface area contributed by atoms with Crippen molar-refractivity contribution in [2.24, 2.45) is 0 Å². The smallest absolute Gasteiger partial charge is 0.129 e. The van der Waals surface area contributed by atoms with Crippen LogP contribution in [-0.4, -0.2) is 29.2 Å². The minimum atomic E-state index is -0.271. The minimum absolute atomic E-state index is 0.159. The molecule has 1 aromatic carbocycles. The summed E-state index contributed by atoms with van der Waals surface area (Å²) in [5.41, 5.74) is 0.640. The van der Waals surface area contributed by atoms with Gasteiger partial charge < -0.3 is 5.11 Å². The SMILES string of the molecule is CC(C)N(CCCO)Cc1ccc(Cl)cc1F. The fraction of sp³-hybridized carbons (Fsp3) is 0.538. The van der Waals surface area contributed by atoms with E-state index in [1.54, 1.807) is 12.1 Å². The highest BCUT2D eigenvalue weighted by molar-refractivity contribution is 6.30. The number of benzene rings is 1. The van der Waals surface area contributed by atoms with Crippen LogP contribution in [0.4, 0.5) is 4.39 Å². The molecule has 0 saturated carbocycles. The molecule has 0 atom stereocenters. The van der Waals surface area contributed by atoms with Crippen LogP contribution in [0, 0.1) is 5.82 Å². The topological polar surface area (TPSA) is 23.5 Å². The van der Waals surface area contributed by atoms with Crippen LogP contribution in [0.15, 0.2) is 18.2 Å². The van der Waals surface area contributed by atoms with E-state index in [9.17, 15) is 4.39 Å². The van der Waals surface area contributed by atoms with Crippen LogP contribution < -0.4 is 0 Å². The number of aliphatic hydroxyl groups excluding tert-OH is 1. The van der Waals surface area contributed by atoms with Crippen LogP contribution in [0.25, 0.3) is 0 Å². The van der Waals surface area contributed by atoms with Crippen molar-refractivity contribution in [1.29, 1.82) is 0 Å². The third-order valence-electron chi connectivity index (χ3n) is 2.72. The van der Waals surface area contributed by atoms with Gasteiger partial charge in [0.05, 0.1) is 0 Å². The molecule has 0 aromatic heterocycles. The Hall–Kier alpha value is -0.640. The van der Waals surface area contributed by atoms with Crippen molar-refractivity contribution in [2.75, 3.05) is 13.2 Å². The Bertz CT molecular complexity index is 357. The predicted molar refractivity (Wildman–Crippen MR) is 68.7 cm³/mol. The molecule has 0 fully saturated rings. The average Bonchev–Trinajstić information content (AvgIpc) is 2.26. The van der Waals surface area contributed by atoms with Gasteiger partial charge in [0.15, 0.2) is 0 Å². The molecule has 0 aliphatic carbocycles. The summed E-state index contributed by atoms with van der Waals surface area (Å²) in [6.07, 6.45) is 0.702. The molecule has 0 amide bonds. The van der Waals surface area contributed by atoms with E-state index >= 15 is 0 Å². The Kier molecular flexibility index (Phi) is 5.89. The van der Waals surface area contributed by atoms with Gasteiger partial charge in [-0.25, -0.2) is 4.39 Å². The quantitative estimate of drug-likeness (QED) is 0.849. The van der Waals surface area contributed by atoms with Gasteiger partial charge in [0.1, 0.15) is 5.82 Å². The first-order valence-electron chi connectivity index (χ1n) is 5.83. The molecule has 17 heavy (non-hydrogen) atoms. The molecule has 4 heteroatoms. The number of rotatable bonds is 6. The molecule has 0 aliphatic heterocycles. The fourth-order valence-electron chi connectivity index (χ4n) is 1.66. The zero-order chi connectivity index (χ0) is 12.8. The lowest BCUT2D eigenvalue weighted by Gasteiger charge is -2.26. The van der Waals surface area contributed by atoms with E-state index in [4.69, 9.17) is 16.7 Å². The van der Waals surface area contributed by atoms with Crippen LogP contribution in [-0.2, 0) is 6.54 Å². The molecule has 1 rings (SSSR count). The van der Waals surface area contributed by atoms with Gasteiger partial charge in [-0.2, -0.15) is 0 Å². The number of halogens is 2. The minimum Gasteiger partial charge on any atom is -0.396 e. The highest BCUT2D eigenvalue weighted by Gasteiger charge is 2.12. The van der Waals surface area contributed by atoms with E-state index in [0.717, 1.165) is 6.54 Å². The van der Waals surface area contributed by atoms with E-state index in [1.165, 1.54) is 6.07 Å². The van der Waals surface area contributed by atoms with Gasteiger partial charge in [0.2, 0.25) is 0 Å². The van der Waals surface area contributed by atoms with Crippen molar-refractivity contribution in [3.63, 3.8) is 0 Å². The molecular weight excluding hydrogens is 241 g/mol. The highest BCUT2D eigenvalue weighted by atomic mass is 35.5. The summed E-state index contributed by atoms with van der Waals surface area (Å²) in [6, 6.07) is 5.06. The average molecular weight is 260 g/mol. The molecule has 1 N–H and O–H groups in total. The number of hydrogen-bond donors (Lipinski definition) is 1. The van der Waals surface area contributed by atoms with Crippen LogP contribution in [0.3, 0.4) is 0 Å². The van der Waals surface area contributed by atoms with Crippen molar-refractivity contribution in [3.8, 4) is 0 Å². The van der Waals surface area contributed by atoms with Gasteiger partial charge in [0, 0.05) is 36.3 Å². The van der Waals surface area contributed by atoms with E-state index in [-0.39, 0.29) is 12.4 Å².